The van der Waals surface area contributed by atoms with Gasteiger partial charge >= 0.3 is 0 Å². The minimum absolute atomic E-state index is 0.131. The van der Waals surface area contributed by atoms with E-state index in [0.717, 1.165) is 10.5 Å². The summed E-state index contributed by atoms with van der Waals surface area (Å²) in [5.41, 5.74) is 0.752. The lowest BCUT2D eigenvalue weighted by molar-refractivity contribution is 0.199. The van der Waals surface area contributed by atoms with Crippen molar-refractivity contribution in [2.75, 3.05) is 17.8 Å². The van der Waals surface area contributed by atoms with Gasteiger partial charge in [-0.15, -0.1) is 11.8 Å². The average molecular weight is 295 g/mol. The topological polar surface area (TPSA) is 54.4 Å². The van der Waals surface area contributed by atoms with Gasteiger partial charge in [-0.2, -0.15) is 0 Å². The van der Waals surface area contributed by atoms with E-state index >= 15 is 0 Å². The normalized spacial score (nSPS) is 13.6. The Morgan fingerprint density at radius 1 is 1.47 bits per heavy atom. The molecule has 3 nitrogen and oxygen atoms in total. The first kappa shape index (κ1) is 14.8. The highest BCUT2D eigenvalue weighted by Crippen LogP contribution is 2.29. The van der Waals surface area contributed by atoms with E-state index in [-0.39, 0.29) is 5.75 Å². The standard InChI is InChI=1S/C11H15ClO3S2/c1-8(13)9-3-4-11(10(12)7-9)16-5-6-17(2,14)15/h3-4,7-8,13H,5-6H2,1-2H3/t8-/m1/s1. The Kier molecular flexibility index (Phi) is 5.31. The predicted octanol–water partition coefficient (Wildman–Crippen LogP) is 2.53. The predicted molar refractivity (Wildman–Crippen MR) is 72.5 cm³/mol. The fourth-order valence-electron chi connectivity index (χ4n) is 1.20. The maximum absolute atomic E-state index is 11.0. The highest BCUT2D eigenvalue weighted by atomic mass is 35.5. The van der Waals surface area contributed by atoms with E-state index in [2.05, 4.69) is 0 Å². The minimum atomic E-state index is -2.93. The molecule has 0 radical (unpaired) electrons. The quantitative estimate of drug-likeness (QED) is 0.848. The van der Waals surface area contributed by atoms with E-state index in [1.165, 1.54) is 18.0 Å². The van der Waals surface area contributed by atoms with Crippen LogP contribution in [0.4, 0.5) is 0 Å². The molecule has 0 amide bonds. The van der Waals surface area contributed by atoms with Gasteiger partial charge in [0.05, 0.1) is 16.9 Å². The number of benzene rings is 1. The van der Waals surface area contributed by atoms with E-state index < -0.39 is 15.9 Å². The zero-order valence-electron chi connectivity index (χ0n) is 9.68. The van der Waals surface area contributed by atoms with Crippen LogP contribution in [0.1, 0.15) is 18.6 Å². The molecule has 1 aromatic rings. The number of thioether (sulfide) groups is 1. The van der Waals surface area contributed by atoms with E-state index in [9.17, 15) is 13.5 Å². The molecule has 0 unspecified atom stereocenters. The molecular weight excluding hydrogens is 280 g/mol. The molecule has 1 atom stereocenters. The summed E-state index contributed by atoms with van der Waals surface area (Å²) < 4.78 is 21.9. The largest absolute Gasteiger partial charge is 0.389 e. The third-order valence-corrected chi connectivity index (χ3v) is 4.85. The molecule has 0 spiro atoms. The van der Waals surface area contributed by atoms with Crippen molar-refractivity contribution in [3.63, 3.8) is 0 Å². The van der Waals surface area contributed by atoms with Crippen molar-refractivity contribution in [3.05, 3.63) is 28.8 Å². The molecule has 0 aliphatic rings. The highest BCUT2D eigenvalue weighted by Gasteiger charge is 2.08. The van der Waals surface area contributed by atoms with Gasteiger partial charge in [0.15, 0.2) is 0 Å². The van der Waals surface area contributed by atoms with Crippen molar-refractivity contribution in [2.24, 2.45) is 0 Å². The van der Waals surface area contributed by atoms with E-state index in [4.69, 9.17) is 11.6 Å². The summed E-state index contributed by atoms with van der Waals surface area (Å²) in [7, 11) is -2.93. The molecule has 17 heavy (non-hydrogen) atoms. The van der Waals surface area contributed by atoms with Crippen molar-refractivity contribution in [3.8, 4) is 0 Å². The average Bonchev–Trinajstić information content (AvgIpc) is 2.18. The first-order valence-corrected chi connectivity index (χ1v) is 8.50. The Bertz CT molecular complexity index is 483. The van der Waals surface area contributed by atoms with Crippen LogP contribution in [0.15, 0.2) is 23.1 Å². The lowest BCUT2D eigenvalue weighted by atomic mass is 10.1. The summed E-state index contributed by atoms with van der Waals surface area (Å²) in [5, 5.41) is 9.92. The number of halogens is 1. The van der Waals surface area contributed by atoms with Gasteiger partial charge in [-0.1, -0.05) is 17.7 Å². The van der Waals surface area contributed by atoms with Gasteiger partial charge in [-0.3, -0.25) is 0 Å². The van der Waals surface area contributed by atoms with Gasteiger partial charge in [0.1, 0.15) is 9.84 Å². The first-order chi connectivity index (χ1) is 7.79. The summed E-state index contributed by atoms with van der Waals surface area (Å²) in [6, 6.07) is 5.30. The first-order valence-electron chi connectivity index (χ1n) is 5.07. The zero-order chi connectivity index (χ0) is 13.1. The molecule has 0 fully saturated rings. The zero-order valence-corrected chi connectivity index (χ0v) is 12.1. The van der Waals surface area contributed by atoms with Crippen LogP contribution in [0.5, 0.6) is 0 Å². The summed E-state index contributed by atoms with van der Waals surface area (Å²) in [6.07, 6.45) is 0.661. The molecular formula is C11H15ClO3S2. The highest BCUT2D eigenvalue weighted by molar-refractivity contribution is 8.00. The fraction of sp³-hybridized carbons (Fsp3) is 0.455. The van der Waals surface area contributed by atoms with Crippen molar-refractivity contribution in [1.29, 1.82) is 0 Å². The Morgan fingerprint density at radius 2 is 2.12 bits per heavy atom. The smallest absolute Gasteiger partial charge is 0.148 e. The number of rotatable bonds is 5. The maximum Gasteiger partial charge on any atom is 0.148 e. The summed E-state index contributed by atoms with van der Waals surface area (Å²) in [6.45, 7) is 1.67. The summed E-state index contributed by atoms with van der Waals surface area (Å²) >= 11 is 7.44. The lowest BCUT2D eigenvalue weighted by Gasteiger charge is -2.08. The van der Waals surface area contributed by atoms with Gasteiger partial charge in [0.2, 0.25) is 0 Å². The number of sulfone groups is 1. The maximum atomic E-state index is 11.0. The monoisotopic (exact) mass is 294 g/mol. The molecule has 0 aromatic heterocycles. The Labute approximate surface area is 111 Å². The van der Waals surface area contributed by atoms with E-state index in [0.29, 0.717) is 10.8 Å². The third kappa shape index (κ3) is 5.29. The minimum Gasteiger partial charge on any atom is -0.389 e. The SMILES string of the molecule is C[C@@H](O)c1ccc(SCCS(C)(=O)=O)c(Cl)c1. The van der Waals surface area contributed by atoms with Crippen LogP contribution in [0.3, 0.4) is 0 Å². The van der Waals surface area contributed by atoms with Crippen LogP contribution >= 0.6 is 23.4 Å². The molecule has 0 aliphatic carbocycles. The van der Waals surface area contributed by atoms with Crippen LogP contribution in [-0.2, 0) is 9.84 Å². The van der Waals surface area contributed by atoms with E-state index in [1.54, 1.807) is 25.1 Å². The Balaban J connectivity index is 2.67. The molecule has 0 saturated heterocycles. The Hall–Kier alpha value is -0.230. The van der Waals surface area contributed by atoms with Gasteiger partial charge < -0.3 is 5.11 Å². The lowest BCUT2D eigenvalue weighted by Crippen LogP contribution is -2.04. The van der Waals surface area contributed by atoms with Crippen LogP contribution in [-0.4, -0.2) is 31.3 Å². The fourth-order valence-corrected chi connectivity index (χ4v) is 3.67. The third-order valence-electron chi connectivity index (χ3n) is 2.15. The molecule has 96 valence electrons. The van der Waals surface area contributed by atoms with Crippen LogP contribution in [0.25, 0.3) is 0 Å². The van der Waals surface area contributed by atoms with Gasteiger partial charge in [0.25, 0.3) is 0 Å². The molecule has 6 heteroatoms. The summed E-state index contributed by atoms with van der Waals surface area (Å²) in [4.78, 5) is 0.833. The Morgan fingerprint density at radius 3 is 2.59 bits per heavy atom. The van der Waals surface area contributed by atoms with Crippen LogP contribution in [0.2, 0.25) is 5.02 Å². The number of aliphatic hydroxyl groups excluding tert-OH is 1. The molecule has 0 heterocycles. The molecule has 1 aromatic carbocycles. The van der Waals surface area contributed by atoms with Crippen LogP contribution < -0.4 is 0 Å². The van der Waals surface area contributed by atoms with Crippen molar-refractivity contribution < 1.29 is 13.5 Å². The number of hydrogen-bond acceptors (Lipinski definition) is 4. The summed E-state index contributed by atoms with van der Waals surface area (Å²) in [5.74, 6) is 0.610. The van der Waals surface area contributed by atoms with Crippen molar-refractivity contribution in [2.45, 2.75) is 17.9 Å². The molecule has 1 rings (SSSR count). The van der Waals surface area contributed by atoms with Crippen LogP contribution in [0, 0.1) is 0 Å². The van der Waals surface area contributed by atoms with Crippen molar-refractivity contribution >= 4 is 33.2 Å². The number of aliphatic hydroxyl groups is 1. The van der Waals surface area contributed by atoms with Gasteiger partial charge in [-0.25, -0.2) is 8.42 Å². The number of hydrogen-bond donors (Lipinski definition) is 1. The second-order valence-electron chi connectivity index (χ2n) is 3.84. The van der Waals surface area contributed by atoms with Gasteiger partial charge in [0, 0.05) is 16.9 Å². The molecule has 1 N–H and O–H groups in total. The van der Waals surface area contributed by atoms with E-state index in [1.807, 2.05) is 0 Å². The molecule has 0 aliphatic heterocycles. The van der Waals surface area contributed by atoms with Crippen molar-refractivity contribution in [1.82, 2.24) is 0 Å². The van der Waals surface area contributed by atoms with Gasteiger partial charge in [-0.05, 0) is 24.6 Å². The molecule has 0 bridgehead atoms. The second-order valence-corrected chi connectivity index (χ2v) is 7.65. The molecule has 0 saturated carbocycles. The second kappa shape index (κ2) is 6.09.